The number of anilines is 2. The van der Waals surface area contributed by atoms with Gasteiger partial charge < -0.3 is 10.2 Å². The van der Waals surface area contributed by atoms with Crippen LogP contribution in [0, 0.1) is 12.8 Å². The van der Waals surface area contributed by atoms with Crippen LogP contribution >= 0.6 is 0 Å². The van der Waals surface area contributed by atoms with Gasteiger partial charge in [-0.1, -0.05) is 66.2 Å². The van der Waals surface area contributed by atoms with E-state index in [-0.39, 0.29) is 11.8 Å². The fourth-order valence-electron chi connectivity index (χ4n) is 4.34. The Morgan fingerprint density at radius 1 is 0.938 bits per heavy atom. The van der Waals surface area contributed by atoms with Crippen LogP contribution in [0.15, 0.2) is 78.9 Å². The summed E-state index contributed by atoms with van der Waals surface area (Å²) in [5, 5.41) is 14.2. The average Bonchev–Trinajstić information content (AvgIpc) is 2.85. The van der Waals surface area contributed by atoms with Crippen molar-refractivity contribution >= 4 is 28.2 Å². The van der Waals surface area contributed by atoms with Gasteiger partial charge in [-0.3, -0.25) is 4.79 Å². The lowest BCUT2D eigenvalue weighted by Gasteiger charge is -2.32. The molecule has 1 aliphatic rings. The minimum Gasteiger partial charge on any atom is -0.354 e. The van der Waals surface area contributed by atoms with Crippen molar-refractivity contribution in [3.05, 3.63) is 84.4 Å². The Hall–Kier alpha value is -3.73. The number of benzene rings is 3. The Balaban J connectivity index is 1.28. The Bertz CT molecular complexity index is 1230. The number of aryl methyl sites for hydroxylation is 1. The molecule has 5 heteroatoms. The summed E-state index contributed by atoms with van der Waals surface area (Å²) < 4.78 is 0. The number of hydrogen-bond donors (Lipinski definition) is 1. The van der Waals surface area contributed by atoms with Crippen molar-refractivity contribution in [3.8, 4) is 11.3 Å². The molecule has 3 aromatic carbocycles. The molecule has 1 unspecified atom stereocenters. The summed E-state index contributed by atoms with van der Waals surface area (Å²) in [6.07, 6.45) is 1.83. The average molecular weight is 423 g/mol. The van der Waals surface area contributed by atoms with Crippen molar-refractivity contribution in [1.82, 2.24) is 10.2 Å². The van der Waals surface area contributed by atoms with Gasteiger partial charge in [0.05, 0.1) is 11.6 Å². The molecule has 0 aliphatic carbocycles. The minimum absolute atomic E-state index is 0.0651. The molecular weight excluding hydrogens is 396 g/mol. The first-order chi connectivity index (χ1) is 15.7. The van der Waals surface area contributed by atoms with Crippen LogP contribution in [0.3, 0.4) is 0 Å². The third-order valence-electron chi connectivity index (χ3n) is 6.16. The predicted molar refractivity (Wildman–Crippen MR) is 130 cm³/mol. The zero-order valence-corrected chi connectivity index (χ0v) is 18.2. The Labute approximate surface area is 188 Å². The summed E-state index contributed by atoms with van der Waals surface area (Å²) in [5.74, 6) is 0.806. The van der Waals surface area contributed by atoms with E-state index in [1.165, 1.54) is 5.56 Å². The second-order valence-corrected chi connectivity index (χ2v) is 8.44. The van der Waals surface area contributed by atoms with Gasteiger partial charge in [-0.25, -0.2) is 0 Å². The second kappa shape index (κ2) is 8.79. The number of amides is 1. The van der Waals surface area contributed by atoms with Gasteiger partial charge in [0.15, 0.2) is 5.82 Å². The normalized spacial score (nSPS) is 16.2. The Morgan fingerprint density at radius 2 is 1.75 bits per heavy atom. The molecule has 1 atom stereocenters. The maximum atomic E-state index is 13.1. The number of fused-ring (bicyclic) bond motifs is 1. The highest BCUT2D eigenvalue weighted by Crippen LogP contribution is 2.27. The molecule has 4 aromatic rings. The molecule has 0 radical (unpaired) electrons. The first-order valence-electron chi connectivity index (χ1n) is 11.1. The van der Waals surface area contributed by atoms with Gasteiger partial charge in [0.25, 0.3) is 0 Å². The lowest BCUT2D eigenvalue weighted by atomic mass is 9.96. The Kier molecular flexibility index (Phi) is 5.55. The standard InChI is InChI=1S/C27H26N4O/c1-19-11-13-21(14-12-19)24-15-16-26(30-29-24)31-17-5-8-22(18-31)27(32)28-25-10-4-7-20-6-2-3-9-23(20)25/h2-4,6-7,9-16,22H,5,8,17-18H2,1H3,(H,28,32). The topological polar surface area (TPSA) is 58.1 Å². The molecule has 1 amide bonds. The van der Waals surface area contributed by atoms with E-state index in [1.54, 1.807) is 0 Å². The van der Waals surface area contributed by atoms with Gasteiger partial charge in [0.2, 0.25) is 5.91 Å². The highest BCUT2D eigenvalue weighted by molar-refractivity contribution is 6.03. The van der Waals surface area contributed by atoms with Gasteiger partial charge in [-0.2, -0.15) is 0 Å². The monoisotopic (exact) mass is 422 g/mol. The highest BCUT2D eigenvalue weighted by Gasteiger charge is 2.27. The van der Waals surface area contributed by atoms with Crippen LogP contribution < -0.4 is 10.2 Å². The number of nitrogens with zero attached hydrogens (tertiary/aromatic N) is 3. The zero-order chi connectivity index (χ0) is 21.9. The molecule has 5 rings (SSSR count). The number of piperidine rings is 1. The fourth-order valence-corrected chi connectivity index (χ4v) is 4.34. The quantitative estimate of drug-likeness (QED) is 0.474. The fraction of sp³-hybridized carbons (Fsp3) is 0.222. The first kappa shape index (κ1) is 20.2. The molecule has 1 N–H and O–H groups in total. The van der Waals surface area contributed by atoms with Crippen LogP contribution in [0.25, 0.3) is 22.0 Å². The van der Waals surface area contributed by atoms with Gasteiger partial charge in [0, 0.05) is 29.7 Å². The van der Waals surface area contributed by atoms with Gasteiger partial charge in [-0.05, 0) is 43.4 Å². The maximum Gasteiger partial charge on any atom is 0.229 e. The second-order valence-electron chi connectivity index (χ2n) is 8.44. The van der Waals surface area contributed by atoms with E-state index in [0.717, 1.165) is 52.9 Å². The molecule has 0 saturated carbocycles. The van der Waals surface area contributed by atoms with E-state index in [0.29, 0.717) is 6.54 Å². The molecule has 0 spiro atoms. The summed E-state index contributed by atoms with van der Waals surface area (Å²) in [6.45, 7) is 3.60. The molecule has 160 valence electrons. The third kappa shape index (κ3) is 4.19. The van der Waals surface area contributed by atoms with Crippen LogP contribution in [0.2, 0.25) is 0 Å². The van der Waals surface area contributed by atoms with Crippen molar-refractivity contribution < 1.29 is 4.79 Å². The molecule has 0 bridgehead atoms. The largest absolute Gasteiger partial charge is 0.354 e. The van der Waals surface area contributed by atoms with Crippen molar-refractivity contribution in [2.75, 3.05) is 23.3 Å². The molecule has 32 heavy (non-hydrogen) atoms. The lowest BCUT2D eigenvalue weighted by Crippen LogP contribution is -2.41. The van der Waals surface area contributed by atoms with Gasteiger partial charge >= 0.3 is 0 Å². The van der Waals surface area contributed by atoms with Crippen molar-refractivity contribution in [1.29, 1.82) is 0 Å². The Morgan fingerprint density at radius 3 is 2.56 bits per heavy atom. The zero-order valence-electron chi connectivity index (χ0n) is 18.2. The summed E-state index contributed by atoms with van der Waals surface area (Å²) in [7, 11) is 0. The van der Waals surface area contributed by atoms with E-state index < -0.39 is 0 Å². The lowest BCUT2D eigenvalue weighted by molar-refractivity contribution is -0.120. The van der Waals surface area contributed by atoms with E-state index in [4.69, 9.17) is 0 Å². The van der Waals surface area contributed by atoms with Crippen LogP contribution in [-0.2, 0) is 4.79 Å². The van der Waals surface area contributed by atoms with Gasteiger partial charge in [-0.15, -0.1) is 10.2 Å². The maximum absolute atomic E-state index is 13.1. The van der Waals surface area contributed by atoms with E-state index >= 15 is 0 Å². The summed E-state index contributed by atoms with van der Waals surface area (Å²) >= 11 is 0. The molecule has 1 aliphatic heterocycles. The van der Waals surface area contributed by atoms with Gasteiger partial charge in [0.1, 0.15) is 0 Å². The molecule has 5 nitrogen and oxygen atoms in total. The number of nitrogens with one attached hydrogen (secondary N) is 1. The first-order valence-corrected chi connectivity index (χ1v) is 11.1. The number of hydrogen-bond acceptors (Lipinski definition) is 4. The number of carbonyl (C=O) groups is 1. The number of carbonyl (C=O) groups excluding carboxylic acids is 1. The summed E-state index contributed by atoms with van der Waals surface area (Å²) in [6, 6.07) is 26.4. The van der Waals surface area contributed by atoms with Crippen molar-refractivity contribution in [3.63, 3.8) is 0 Å². The van der Waals surface area contributed by atoms with Crippen LogP contribution in [0.1, 0.15) is 18.4 Å². The minimum atomic E-state index is -0.0821. The SMILES string of the molecule is Cc1ccc(-c2ccc(N3CCCC(C(=O)Nc4cccc5ccccc45)C3)nn2)cc1. The van der Waals surface area contributed by atoms with Crippen molar-refractivity contribution in [2.45, 2.75) is 19.8 Å². The molecule has 1 fully saturated rings. The van der Waals surface area contributed by atoms with Crippen LogP contribution in [-0.4, -0.2) is 29.2 Å². The smallest absolute Gasteiger partial charge is 0.229 e. The van der Waals surface area contributed by atoms with E-state index in [2.05, 4.69) is 63.7 Å². The molecule has 2 heterocycles. The van der Waals surface area contributed by atoms with Crippen LogP contribution in [0.5, 0.6) is 0 Å². The van der Waals surface area contributed by atoms with Crippen LogP contribution in [0.4, 0.5) is 11.5 Å². The van der Waals surface area contributed by atoms with Crippen molar-refractivity contribution in [2.24, 2.45) is 5.92 Å². The van der Waals surface area contributed by atoms with E-state index in [9.17, 15) is 4.79 Å². The molecule has 1 aromatic heterocycles. The molecule has 1 saturated heterocycles. The number of rotatable bonds is 4. The highest BCUT2D eigenvalue weighted by atomic mass is 16.1. The van der Waals surface area contributed by atoms with E-state index in [1.807, 2.05) is 42.5 Å². The molecular formula is C27H26N4O. The summed E-state index contributed by atoms with van der Waals surface area (Å²) in [4.78, 5) is 15.3. The third-order valence-corrected chi connectivity index (χ3v) is 6.16. The number of aromatic nitrogens is 2. The summed E-state index contributed by atoms with van der Waals surface area (Å²) in [5.41, 5.74) is 4.00. The predicted octanol–water partition coefficient (Wildman–Crippen LogP) is 5.46.